The molecule has 0 spiro atoms. The van der Waals surface area contributed by atoms with Gasteiger partial charge in [0.2, 0.25) is 18.1 Å². The van der Waals surface area contributed by atoms with Crippen LogP contribution in [0.4, 0.5) is 0 Å². The third-order valence-corrected chi connectivity index (χ3v) is 7.31. The molecule has 0 aliphatic carbocycles. The summed E-state index contributed by atoms with van der Waals surface area (Å²) in [6.07, 6.45) is -0.234. The second kappa shape index (κ2) is 11.7. The van der Waals surface area contributed by atoms with Crippen LogP contribution in [0.1, 0.15) is 70.3 Å². The smallest absolute Gasteiger partial charge is 0.310 e. The summed E-state index contributed by atoms with van der Waals surface area (Å²) in [6, 6.07) is 2.67. The van der Waals surface area contributed by atoms with Gasteiger partial charge in [0.25, 0.3) is 5.91 Å². The summed E-state index contributed by atoms with van der Waals surface area (Å²) in [5.74, 6) is -1.09. The van der Waals surface area contributed by atoms with Crippen LogP contribution in [0.3, 0.4) is 0 Å². The number of nitrogens with zero attached hydrogens (tertiary/aromatic N) is 1. The van der Waals surface area contributed by atoms with Gasteiger partial charge in [-0.2, -0.15) is 0 Å². The maximum atomic E-state index is 14.1. The van der Waals surface area contributed by atoms with Gasteiger partial charge in [-0.15, -0.1) is 0 Å². The van der Waals surface area contributed by atoms with E-state index in [1.165, 1.54) is 7.11 Å². The lowest BCUT2D eigenvalue weighted by atomic mass is 9.85. The van der Waals surface area contributed by atoms with Crippen LogP contribution in [0.5, 0.6) is 5.75 Å². The van der Waals surface area contributed by atoms with Gasteiger partial charge >= 0.3 is 5.97 Å². The molecule has 10 nitrogen and oxygen atoms in total. The third-order valence-electron chi connectivity index (χ3n) is 7.31. The number of likely N-dealkylation sites (tertiary alicyclic amines) is 1. The highest BCUT2D eigenvalue weighted by molar-refractivity contribution is 6.00. The van der Waals surface area contributed by atoms with Crippen LogP contribution in [0.2, 0.25) is 0 Å². The minimum atomic E-state index is -0.892. The van der Waals surface area contributed by atoms with Gasteiger partial charge in [-0.3, -0.25) is 19.2 Å². The summed E-state index contributed by atoms with van der Waals surface area (Å²) in [5, 5.41) is 5.82. The van der Waals surface area contributed by atoms with Gasteiger partial charge < -0.3 is 29.7 Å². The Kier molecular flexibility index (Phi) is 9.07. The van der Waals surface area contributed by atoms with Gasteiger partial charge in [0.1, 0.15) is 23.9 Å². The van der Waals surface area contributed by atoms with E-state index in [-0.39, 0.29) is 30.2 Å². The first-order chi connectivity index (χ1) is 17.8. The number of benzene rings is 1. The first-order valence-corrected chi connectivity index (χ1v) is 13.2. The van der Waals surface area contributed by atoms with E-state index in [9.17, 15) is 19.2 Å². The molecule has 1 aromatic carbocycles. The standard InChI is InChI=1S/C28H41N3O7/c1-9-37-27-19(14-21(32)38-27)29-25(34)22-15(2)13-16(3)31(22)26(35)23(28(5,6)7)30-24(33)18-11-10-12-20(36-8)17(18)4/h10-12,15-16,19,22-23,27H,9,13-14H2,1-8H3,(H,29,34)(H,30,33)/t15?,16?,19-,22?,23?,27?/m0/s1. The second-order valence-electron chi connectivity index (χ2n) is 11.3. The van der Waals surface area contributed by atoms with E-state index < -0.39 is 41.7 Å². The molecule has 0 saturated carbocycles. The number of rotatable bonds is 8. The Bertz CT molecular complexity index is 1070. The minimum Gasteiger partial charge on any atom is -0.496 e. The number of carbonyl (C=O) groups is 4. The minimum absolute atomic E-state index is 0.00156. The summed E-state index contributed by atoms with van der Waals surface area (Å²) < 4.78 is 16.0. The predicted octanol–water partition coefficient (Wildman–Crippen LogP) is 2.57. The van der Waals surface area contributed by atoms with Gasteiger partial charge in [-0.1, -0.05) is 33.8 Å². The Morgan fingerprint density at radius 2 is 1.89 bits per heavy atom. The molecule has 2 N–H and O–H groups in total. The molecule has 5 unspecified atom stereocenters. The van der Waals surface area contributed by atoms with Gasteiger partial charge in [-0.25, -0.2) is 0 Å². The highest BCUT2D eigenvalue weighted by atomic mass is 16.7. The normalized spacial score (nSPS) is 26.1. The van der Waals surface area contributed by atoms with Crippen LogP contribution in [0.25, 0.3) is 0 Å². The molecule has 0 bridgehead atoms. The van der Waals surface area contributed by atoms with Crippen LogP contribution in [0, 0.1) is 18.3 Å². The lowest BCUT2D eigenvalue weighted by Gasteiger charge is -2.38. The topological polar surface area (TPSA) is 123 Å². The first kappa shape index (κ1) is 29.4. The average molecular weight is 532 g/mol. The fourth-order valence-corrected chi connectivity index (χ4v) is 5.39. The summed E-state index contributed by atoms with van der Waals surface area (Å²) in [7, 11) is 1.54. The zero-order valence-corrected chi connectivity index (χ0v) is 23.6. The fraction of sp³-hybridized carbons (Fsp3) is 0.643. The van der Waals surface area contributed by atoms with Crippen LogP contribution in [-0.4, -0.2) is 72.8 Å². The maximum absolute atomic E-state index is 14.1. The molecule has 210 valence electrons. The molecule has 38 heavy (non-hydrogen) atoms. The van der Waals surface area contributed by atoms with Crippen molar-refractivity contribution in [2.45, 2.75) is 91.8 Å². The lowest BCUT2D eigenvalue weighted by molar-refractivity contribution is -0.164. The van der Waals surface area contributed by atoms with Gasteiger partial charge in [0.15, 0.2) is 0 Å². The van der Waals surface area contributed by atoms with Crippen molar-refractivity contribution < 1.29 is 33.4 Å². The van der Waals surface area contributed by atoms with Crippen LogP contribution in [0.15, 0.2) is 18.2 Å². The van der Waals surface area contributed by atoms with Crippen molar-refractivity contribution in [3.63, 3.8) is 0 Å². The molecule has 2 heterocycles. The van der Waals surface area contributed by atoms with E-state index in [1.807, 2.05) is 34.6 Å². The number of hydrogen-bond donors (Lipinski definition) is 2. The van der Waals surface area contributed by atoms with Crippen LogP contribution >= 0.6 is 0 Å². The number of cyclic esters (lactones) is 1. The number of nitrogens with one attached hydrogen (secondary N) is 2. The Morgan fingerprint density at radius 3 is 2.50 bits per heavy atom. The molecule has 0 radical (unpaired) electrons. The van der Waals surface area contributed by atoms with Crippen molar-refractivity contribution in [1.29, 1.82) is 0 Å². The summed E-state index contributed by atoms with van der Waals surface area (Å²) >= 11 is 0. The average Bonchev–Trinajstić information content (AvgIpc) is 3.33. The van der Waals surface area contributed by atoms with E-state index in [4.69, 9.17) is 14.2 Å². The summed E-state index contributed by atoms with van der Waals surface area (Å²) in [4.78, 5) is 54.4. The Labute approximate surface area is 224 Å². The molecule has 1 aromatic rings. The van der Waals surface area contributed by atoms with Crippen LogP contribution in [-0.2, 0) is 23.9 Å². The number of methoxy groups -OCH3 is 1. The van der Waals surface area contributed by atoms with Crippen molar-refractivity contribution in [2.24, 2.45) is 11.3 Å². The van der Waals surface area contributed by atoms with E-state index in [1.54, 1.807) is 36.9 Å². The molecular weight excluding hydrogens is 490 g/mol. The molecule has 2 fully saturated rings. The van der Waals surface area contributed by atoms with E-state index in [2.05, 4.69) is 10.6 Å². The molecule has 2 aliphatic heterocycles. The van der Waals surface area contributed by atoms with E-state index >= 15 is 0 Å². The second-order valence-corrected chi connectivity index (χ2v) is 11.3. The number of carbonyl (C=O) groups excluding carboxylic acids is 4. The molecule has 3 amide bonds. The van der Waals surface area contributed by atoms with Gasteiger partial charge in [0.05, 0.1) is 13.5 Å². The SMILES string of the molecule is CCOC1OC(=O)C[C@@H]1NC(=O)C1C(C)CC(C)N1C(=O)C(NC(=O)c1cccc(OC)c1C)C(C)(C)C. The largest absolute Gasteiger partial charge is 0.496 e. The van der Waals surface area contributed by atoms with Crippen molar-refractivity contribution in [3.8, 4) is 5.75 Å². The lowest BCUT2D eigenvalue weighted by Crippen LogP contribution is -2.60. The zero-order chi connectivity index (χ0) is 28.4. The third kappa shape index (κ3) is 6.11. The predicted molar refractivity (Wildman–Crippen MR) is 140 cm³/mol. The van der Waals surface area contributed by atoms with Gasteiger partial charge in [-0.05, 0) is 50.7 Å². The summed E-state index contributed by atoms with van der Waals surface area (Å²) in [6.45, 7) is 13.4. The van der Waals surface area contributed by atoms with Crippen molar-refractivity contribution in [1.82, 2.24) is 15.5 Å². The zero-order valence-electron chi connectivity index (χ0n) is 23.6. The highest BCUT2D eigenvalue weighted by Crippen LogP contribution is 2.34. The number of esters is 1. The van der Waals surface area contributed by atoms with Crippen LogP contribution < -0.4 is 15.4 Å². The highest BCUT2D eigenvalue weighted by Gasteiger charge is 2.49. The van der Waals surface area contributed by atoms with Crippen molar-refractivity contribution >= 4 is 23.7 Å². The Hall–Kier alpha value is -3.14. The molecule has 2 aliphatic rings. The molecule has 0 aromatic heterocycles. The van der Waals surface area contributed by atoms with Gasteiger partial charge in [0, 0.05) is 23.8 Å². The van der Waals surface area contributed by atoms with Crippen molar-refractivity contribution in [3.05, 3.63) is 29.3 Å². The molecule has 10 heteroatoms. The molecular formula is C28H41N3O7. The molecule has 2 saturated heterocycles. The maximum Gasteiger partial charge on any atom is 0.310 e. The monoisotopic (exact) mass is 531 g/mol. The van der Waals surface area contributed by atoms with E-state index in [0.717, 1.165) is 0 Å². The Morgan fingerprint density at radius 1 is 1.21 bits per heavy atom. The summed E-state index contributed by atoms with van der Waals surface area (Å²) in [5.41, 5.74) is 0.444. The number of hydrogen-bond acceptors (Lipinski definition) is 7. The Balaban J connectivity index is 1.85. The van der Waals surface area contributed by atoms with Crippen molar-refractivity contribution in [2.75, 3.05) is 13.7 Å². The number of amides is 3. The molecule has 3 rings (SSSR count). The van der Waals surface area contributed by atoms with E-state index in [0.29, 0.717) is 29.9 Å². The first-order valence-electron chi connectivity index (χ1n) is 13.2. The number of ether oxygens (including phenoxy) is 3. The quantitative estimate of drug-likeness (QED) is 0.494. The fourth-order valence-electron chi connectivity index (χ4n) is 5.39. The molecule has 6 atom stereocenters.